The van der Waals surface area contributed by atoms with Crippen molar-refractivity contribution in [2.75, 3.05) is 6.61 Å². The Bertz CT molecular complexity index is 901. The zero-order chi connectivity index (χ0) is 20.5. The fourth-order valence-corrected chi connectivity index (χ4v) is 5.42. The molecule has 0 heterocycles. The lowest BCUT2D eigenvalue weighted by atomic mass is 9.30. The fourth-order valence-electron chi connectivity index (χ4n) is 5.42. The maximum atomic E-state index is 11.5. The summed E-state index contributed by atoms with van der Waals surface area (Å²) in [5, 5.41) is 65.2. The molecule has 2 saturated carbocycles. The average Bonchev–Trinajstić information content (AvgIpc) is 2.70. The summed E-state index contributed by atoms with van der Waals surface area (Å²) in [6.45, 7) is 3.03. The van der Waals surface area contributed by atoms with Crippen LogP contribution < -0.4 is 0 Å². The van der Waals surface area contributed by atoms with Gasteiger partial charge in [-0.05, 0) is 36.1 Å². The summed E-state index contributed by atoms with van der Waals surface area (Å²) < 4.78 is 0. The van der Waals surface area contributed by atoms with Gasteiger partial charge < -0.3 is 30.6 Å². The molecule has 4 rings (SSSR count). The van der Waals surface area contributed by atoms with Crippen LogP contribution in [0, 0.1) is 13.8 Å². The minimum Gasteiger partial charge on any atom is -0.394 e. The van der Waals surface area contributed by atoms with Gasteiger partial charge in [-0.3, -0.25) is 0 Å². The van der Waals surface area contributed by atoms with E-state index >= 15 is 0 Å². The number of aliphatic hydroxyl groups is 6. The molecule has 0 bridgehead atoms. The fraction of sp³-hybridized carbons (Fsp3) is 0.455. The van der Waals surface area contributed by atoms with E-state index in [9.17, 15) is 30.6 Å². The standard InChI is InChI=1S/C22H26O6/c1-12-8-9-15(10-13(12)2)17-19(25)21(27)18(14-6-4-3-5-7-14)20(26,16(24)11-23)22(17,21)28/h3-10,16-19,23-28H,11H2,1-2H3/t16-,17?,18?,19?,20+,21+,22+/m1/s1. The van der Waals surface area contributed by atoms with Crippen molar-refractivity contribution >= 4 is 0 Å². The average molecular weight is 386 g/mol. The van der Waals surface area contributed by atoms with Gasteiger partial charge in [-0.1, -0.05) is 48.5 Å². The highest BCUT2D eigenvalue weighted by molar-refractivity contribution is 5.56. The van der Waals surface area contributed by atoms with Gasteiger partial charge in [0.25, 0.3) is 0 Å². The Balaban J connectivity index is 1.86. The molecule has 0 amide bonds. The molecule has 28 heavy (non-hydrogen) atoms. The molecule has 150 valence electrons. The second-order valence-electron chi connectivity index (χ2n) is 8.23. The van der Waals surface area contributed by atoms with E-state index in [1.54, 1.807) is 42.5 Å². The summed E-state index contributed by atoms with van der Waals surface area (Å²) in [6.07, 6.45) is -3.06. The second kappa shape index (κ2) is 6.10. The Morgan fingerprint density at radius 2 is 1.57 bits per heavy atom. The Morgan fingerprint density at radius 1 is 0.929 bits per heavy atom. The molecule has 3 unspecified atom stereocenters. The molecule has 7 atom stereocenters. The number of benzene rings is 2. The van der Waals surface area contributed by atoms with Gasteiger partial charge in [-0.15, -0.1) is 0 Å². The van der Waals surface area contributed by atoms with Crippen LogP contribution in [0.2, 0.25) is 0 Å². The molecule has 0 aromatic heterocycles. The Morgan fingerprint density at radius 3 is 2.14 bits per heavy atom. The van der Waals surface area contributed by atoms with Crippen molar-refractivity contribution in [3.8, 4) is 0 Å². The Hall–Kier alpha value is -1.80. The van der Waals surface area contributed by atoms with E-state index < -0.39 is 47.5 Å². The Labute approximate surface area is 163 Å². The zero-order valence-electron chi connectivity index (χ0n) is 15.8. The first-order valence-electron chi connectivity index (χ1n) is 9.41. The molecule has 0 radical (unpaired) electrons. The number of aliphatic hydroxyl groups excluding tert-OH is 3. The highest BCUT2D eigenvalue weighted by Gasteiger charge is 2.93. The molecular formula is C22H26O6. The molecule has 0 spiro atoms. The molecule has 0 saturated heterocycles. The molecular weight excluding hydrogens is 360 g/mol. The number of aryl methyl sites for hydroxylation is 2. The lowest BCUT2D eigenvalue weighted by Crippen LogP contribution is -2.99. The van der Waals surface area contributed by atoms with E-state index in [0.717, 1.165) is 11.1 Å². The maximum absolute atomic E-state index is 11.5. The van der Waals surface area contributed by atoms with Crippen molar-refractivity contribution in [2.45, 2.75) is 54.7 Å². The number of hydrogen-bond acceptors (Lipinski definition) is 6. The van der Waals surface area contributed by atoms with E-state index in [4.69, 9.17) is 0 Å². The topological polar surface area (TPSA) is 121 Å². The third-order valence-corrected chi connectivity index (χ3v) is 7.02. The van der Waals surface area contributed by atoms with Crippen LogP contribution in [0.4, 0.5) is 0 Å². The van der Waals surface area contributed by atoms with Crippen LogP contribution in [0.1, 0.15) is 34.1 Å². The summed E-state index contributed by atoms with van der Waals surface area (Å²) >= 11 is 0. The maximum Gasteiger partial charge on any atom is 0.138 e. The summed E-state index contributed by atoms with van der Waals surface area (Å²) in [7, 11) is 0. The van der Waals surface area contributed by atoms with Crippen molar-refractivity contribution in [2.24, 2.45) is 0 Å². The van der Waals surface area contributed by atoms with E-state index in [-0.39, 0.29) is 0 Å². The lowest BCUT2D eigenvalue weighted by molar-refractivity contribution is -0.459. The molecule has 6 nitrogen and oxygen atoms in total. The number of rotatable bonds is 4. The van der Waals surface area contributed by atoms with Crippen molar-refractivity contribution in [3.05, 3.63) is 70.8 Å². The summed E-state index contributed by atoms with van der Waals surface area (Å²) in [5.41, 5.74) is -3.53. The van der Waals surface area contributed by atoms with Crippen LogP contribution in [-0.2, 0) is 0 Å². The van der Waals surface area contributed by atoms with E-state index in [0.29, 0.717) is 11.1 Å². The van der Waals surface area contributed by atoms with Gasteiger partial charge >= 0.3 is 0 Å². The van der Waals surface area contributed by atoms with Crippen LogP contribution in [0.3, 0.4) is 0 Å². The summed E-state index contributed by atoms with van der Waals surface area (Å²) in [4.78, 5) is 0. The first-order valence-corrected chi connectivity index (χ1v) is 9.41. The third-order valence-electron chi connectivity index (χ3n) is 7.02. The molecule has 2 aliphatic carbocycles. The van der Waals surface area contributed by atoms with Crippen molar-refractivity contribution in [1.29, 1.82) is 0 Å². The number of fused-ring (bicyclic) bond motifs is 1. The minimum absolute atomic E-state index is 0.460. The Kier molecular flexibility index (Phi) is 4.25. The van der Waals surface area contributed by atoms with Crippen LogP contribution in [0.5, 0.6) is 0 Å². The molecule has 2 aliphatic rings. The van der Waals surface area contributed by atoms with Gasteiger partial charge in [0.05, 0.1) is 18.6 Å². The first kappa shape index (κ1) is 19.5. The van der Waals surface area contributed by atoms with Gasteiger partial charge in [0.2, 0.25) is 0 Å². The summed E-state index contributed by atoms with van der Waals surface area (Å²) in [6, 6.07) is 13.8. The second-order valence-corrected chi connectivity index (χ2v) is 8.23. The molecule has 2 aromatic carbocycles. The van der Waals surface area contributed by atoms with E-state index in [1.807, 2.05) is 19.9 Å². The predicted octanol–water partition coefficient (Wildman–Crippen LogP) is 0.105. The minimum atomic E-state index is -2.24. The molecule has 2 aromatic rings. The highest BCUT2D eigenvalue weighted by atomic mass is 16.5. The van der Waals surface area contributed by atoms with Crippen LogP contribution in [0.15, 0.2) is 48.5 Å². The van der Waals surface area contributed by atoms with Crippen LogP contribution in [0.25, 0.3) is 0 Å². The summed E-state index contributed by atoms with van der Waals surface area (Å²) in [5.74, 6) is -2.17. The van der Waals surface area contributed by atoms with E-state index in [2.05, 4.69) is 0 Å². The molecule has 6 heteroatoms. The molecule has 0 aliphatic heterocycles. The quantitative estimate of drug-likeness (QED) is 0.444. The zero-order valence-corrected chi connectivity index (χ0v) is 15.8. The van der Waals surface area contributed by atoms with Gasteiger partial charge in [0.15, 0.2) is 0 Å². The molecule has 6 N–H and O–H groups in total. The molecule has 2 fully saturated rings. The smallest absolute Gasteiger partial charge is 0.138 e. The SMILES string of the molecule is Cc1ccc(C2C(O)[C@@]3(O)C(c4ccccc4)[C@@](O)([C@H](O)CO)[C@@]23O)cc1C. The van der Waals surface area contributed by atoms with Gasteiger partial charge in [-0.2, -0.15) is 0 Å². The normalized spacial score (nSPS) is 40.2. The first-order chi connectivity index (χ1) is 13.2. The predicted molar refractivity (Wildman–Crippen MR) is 102 cm³/mol. The van der Waals surface area contributed by atoms with Gasteiger partial charge in [-0.25, -0.2) is 0 Å². The van der Waals surface area contributed by atoms with Gasteiger partial charge in [0.1, 0.15) is 22.9 Å². The van der Waals surface area contributed by atoms with Crippen LogP contribution in [-0.4, -0.2) is 66.3 Å². The van der Waals surface area contributed by atoms with Crippen LogP contribution >= 0.6 is 0 Å². The van der Waals surface area contributed by atoms with Crippen molar-refractivity contribution < 1.29 is 30.6 Å². The largest absolute Gasteiger partial charge is 0.394 e. The van der Waals surface area contributed by atoms with Crippen molar-refractivity contribution in [3.63, 3.8) is 0 Å². The van der Waals surface area contributed by atoms with E-state index in [1.165, 1.54) is 0 Å². The van der Waals surface area contributed by atoms with Gasteiger partial charge in [0, 0.05) is 5.92 Å². The third kappa shape index (κ3) is 1.98. The lowest BCUT2D eigenvalue weighted by Gasteiger charge is -2.80. The number of hydrogen-bond donors (Lipinski definition) is 6. The monoisotopic (exact) mass is 386 g/mol. The highest BCUT2D eigenvalue weighted by Crippen LogP contribution is 2.75. The van der Waals surface area contributed by atoms with Crippen molar-refractivity contribution in [1.82, 2.24) is 0 Å².